The van der Waals surface area contributed by atoms with Crippen molar-refractivity contribution in [1.29, 1.82) is 0 Å². The molecule has 1 aliphatic heterocycles. The summed E-state index contributed by atoms with van der Waals surface area (Å²) in [5, 5.41) is 3.15. The summed E-state index contributed by atoms with van der Waals surface area (Å²) in [6, 6.07) is 6.70. The Labute approximate surface area is 160 Å². The van der Waals surface area contributed by atoms with Crippen LogP contribution in [0.25, 0.3) is 0 Å². The number of rotatable bonds is 4. The Balaban J connectivity index is 0.00000288. The third-order valence-corrected chi connectivity index (χ3v) is 3.66. The van der Waals surface area contributed by atoms with E-state index in [1.54, 1.807) is 12.1 Å². The second-order valence-electron chi connectivity index (χ2n) is 6.82. The lowest BCUT2D eigenvalue weighted by atomic mass is 10.0. The summed E-state index contributed by atoms with van der Waals surface area (Å²) in [5.74, 6) is 0.178. The number of halogens is 2. The molecule has 1 aromatic carbocycles. The first-order chi connectivity index (χ1) is 10.8. The summed E-state index contributed by atoms with van der Waals surface area (Å²) in [6.07, 6.45) is 0. The number of aliphatic imine (C=N–C) groups is 1. The Morgan fingerprint density at radius 1 is 1.38 bits per heavy atom. The molecule has 0 bridgehead atoms. The highest BCUT2D eigenvalue weighted by molar-refractivity contribution is 14.0. The van der Waals surface area contributed by atoms with E-state index in [1.807, 2.05) is 26.8 Å². The van der Waals surface area contributed by atoms with E-state index in [-0.39, 0.29) is 41.4 Å². The van der Waals surface area contributed by atoms with E-state index in [9.17, 15) is 4.39 Å². The van der Waals surface area contributed by atoms with Crippen LogP contribution in [0.5, 0.6) is 0 Å². The van der Waals surface area contributed by atoms with Gasteiger partial charge < -0.3 is 15.8 Å². The lowest BCUT2D eigenvalue weighted by Crippen LogP contribution is -2.45. The van der Waals surface area contributed by atoms with Crippen LogP contribution in [0.3, 0.4) is 0 Å². The summed E-state index contributed by atoms with van der Waals surface area (Å²) >= 11 is 0. The zero-order valence-electron chi connectivity index (χ0n) is 14.6. The van der Waals surface area contributed by atoms with Crippen molar-refractivity contribution < 1.29 is 9.13 Å². The molecule has 1 unspecified atom stereocenters. The molecule has 1 fully saturated rings. The fraction of sp³-hybridized carbons (Fsp3) is 0.588. The number of guanidine groups is 1. The third-order valence-electron chi connectivity index (χ3n) is 3.66. The lowest BCUT2D eigenvalue weighted by Gasteiger charge is -2.34. The molecule has 3 N–H and O–H groups in total. The minimum atomic E-state index is -0.231. The molecule has 0 aliphatic carbocycles. The molecule has 0 saturated carbocycles. The normalized spacial score (nSPS) is 17.9. The fourth-order valence-electron chi connectivity index (χ4n) is 2.64. The van der Waals surface area contributed by atoms with E-state index >= 15 is 0 Å². The van der Waals surface area contributed by atoms with Crippen molar-refractivity contribution >= 4 is 29.9 Å². The van der Waals surface area contributed by atoms with E-state index in [2.05, 4.69) is 15.2 Å². The number of hydrogen-bond acceptors (Lipinski definition) is 3. The third kappa shape index (κ3) is 6.90. The molecule has 7 heteroatoms. The van der Waals surface area contributed by atoms with Crippen LogP contribution in [-0.4, -0.2) is 49.2 Å². The molecule has 136 valence electrons. The van der Waals surface area contributed by atoms with Gasteiger partial charge in [0.15, 0.2) is 5.96 Å². The minimum absolute atomic E-state index is 0. The van der Waals surface area contributed by atoms with Crippen molar-refractivity contribution in [3.05, 3.63) is 35.6 Å². The largest absolute Gasteiger partial charge is 0.379 e. The summed E-state index contributed by atoms with van der Waals surface area (Å²) in [6.45, 7) is 9.56. The number of morpholine rings is 1. The summed E-state index contributed by atoms with van der Waals surface area (Å²) < 4.78 is 19.0. The summed E-state index contributed by atoms with van der Waals surface area (Å²) in [5.41, 5.74) is 6.75. The maximum Gasteiger partial charge on any atom is 0.189 e. The molecule has 24 heavy (non-hydrogen) atoms. The topological polar surface area (TPSA) is 62.9 Å². The first-order valence-corrected chi connectivity index (χ1v) is 8.00. The van der Waals surface area contributed by atoms with Crippen molar-refractivity contribution in [2.45, 2.75) is 32.4 Å². The average molecular weight is 450 g/mol. The molecule has 0 spiro atoms. The highest BCUT2D eigenvalue weighted by Crippen LogP contribution is 2.23. The van der Waals surface area contributed by atoms with Crippen LogP contribution in [0.15, 0.2) is 29.3 Å². The Hall–Kier alpha value is -0.930. The first kappa shape index (κ1) is 21.1. The van der Waals surface area contributed by atoms with E-state index in [0.29, 0.717) is 25.7 Å². The molecule has 1 aliphatic rings. The summed E-state index contributed by atoms with van der Waals surface area (Å²) in [4.78, 5) is 6.74. The Morgan fingerprint density at radius 2 is 2.04 bits per heavy atom. The second-order valence-corrected chi connectivity index (χ2v) is 6.82. The number of nitrogens with zero attached hydrogens (tertiary/aromatic N) is 2. The SMILES string of the molecule is CC(C)(C)NC(N)=NCC(c1cccc(F)c1)N1CCOCC1.I. The van der Waals surface area contributed by atoms with Gasteiger partial charge in [0.05, 0.1) is 25.8 Å². The van der Waals surface area contributed by atoms with Crippen LogP contribution in [0, 0.1) is 5.82 Å². The van der Waals surface area contributed by atoms with Gasteiger partial charge in [0.25, 0.3) is 0 Å². The van der Waals surface area contributed by atoms with Crippen molar-refractivity contribution in [3.63, 3.8) is 0 Å². The highest BCUT2D eigenvalue weighted by Gasteiger charge is 2.23. The molecular formula is C17H28FIN4O. The molecule has 0 aromatic heterocycles. The predicted molar refractivity (Wildman–Crippen MR) is 106 cm³/mol. The van der Waals surface area contributed by atoms with Gasteiger partial charge in [-0.25, -0.2) is 4.39 Å². The van der Waals surface area contributed by atoms with E-state index in [1.165, 1.54) is 6.07 Å². The molecule has 2 rings (SSSR count). The smallest absolute Gasteiger partial charge is 0.189 e. The molecule has 1 heterocycles. The Kier molecular flexibility index (Phi) is 8.38. The van der Waals surface area contributed by atoms with Gasteiger partial charge in [0.1, 0.15) is 5.82 Å². The van der Waals surface area contributed by atoms with Gasteiger partial charge >= 0.3 is 0 Å². The molecule has 5 nitrogen and oxygen atoms in total. The van der Waals surface area contributed by atoms with Crippen molar-refractivity contribution in [2.75, 3.05) is 32.8 Å². The van der Waals surface area contributed by atoms with Gasteiger partial charge in [0.2, 0.25) is 0 Å². The van der Waals surface area contributed by atoms with Gasteiger partial charge in [-0.3, -0.25) is 9.89 Å². The zero-order valence-corrected chi connectivity index (χ0v) is 16.9. The highest BCUT2D eigenvalue weighted by atomic mass is 127. The first-order valence-electron chi connectivity index (χ1n) is 8.00. The Morgan fingerprint density at radius 3 is 2.62 bits per heavy atom. The lowest BCUT2D eigenvalue weighted by molar-refractivity contribution is 0.0179. The predicted octanol–water partition coefficient (Wildman–Crippen LogP) is 2.52. The number of ether oxygens (including phenoxy) is 1. The van der Waals surface area contributed by atoms with Crippen LogP contribution < -0.4 is 11.1 Å². The second kappa shape index (κ2) is 9.53. The van der Waals surface area contributed by atoms with Crippen molar-refractivity contribution in [3.8, 4) is 0 Å². The average Bonchev–Trinajstić information content (AvgIpc) is 2.47. The monoisotopic (exact) mass is 450 g/mol. The maximum atomic E-state index is 13.6. The molecule has 0 amide bonds. The zero-order chi connectivity index (χ0) is 16.9. The number of nitrogens with two attached hydrogens (primary N) is 1. The molecular weight excluding hydrogens is 422 g/mol. The van der Waals surface area contributed by atoms with Crippen LogP contribution >= 0.6 is 24.0 Å². The molecule has 0 radical (unpaired) electrons. The van der Waals surface area contributed by atoms with Crippen molar-refractivity contribution in [1.82, 2.24) is 10.2 Å². The number of hydrogen-bond donors (Lipinski definition) is 2. The van der Waals surface area contributed by atoms with Crippen molar-refractivity contribution in [2.24, 2.45) is 10.7 Å². The maximum absolute atomic E-state index is 13.6. The Bertz CT molecular complexity index is 542. The fourth-order valence-corrected chi connectivity index (χ4v) is 2.64. The van der Waals surface area contributed by atoms with Crippen LogP contribution in [-0.2, 0) is 4.74 Å². The van der Waals surface area contributed by atoms with E-state index in [0.717, 1.165) is 18.7 Å². The quantitative estimate of drug-likeness (QED) is 0.421. The van der Waals surface area contributed by atoms with E-state index in [4.69, 9.17) is 10.5 Å². The van der Waals surface area contributed by atoms with Gasteiger partial charge in [-0.15, -0.1) is 24.0 Å². The molecule has 1 aromatic rings. The van der Waals surface area contributed by atoms with Crippen LogP contribution in [0.4, 0.5) is 4.39 Å². The molecule has 1 saturated heterocycles. The van der Waals surface area contributed by atoms with Crippen LogP contribution in [0.1, 0.15) is 32.4 Å². The number of nitrogens with one attached hydrogen (secondary N) is 1. The standard InChI is InChI=1S/C17H27FN4O.HI/c1-17(2,3)21-16(19)20-12-15(22-7-9-23-10-8-22)13-5-4-6-14(18)11-13;/h4-6,11,15H,7-10,12H2,1-3H3,(H3,19,20,21);1H. The van der Waals surface area contributed by atoms with Crippen LogP contribution in [0.2, 0.25) is 0 Å². The van der Waals surface area contributed by atoms with Gasteiger partial charge in [-0.05, 0) is 38.5 Å². The summed E-state index contributed by atoms with van der Waals surface area (Å²) in [7, 11) is 0. The number of benzene rings is 1. The van der Waals surface area contributed by atoms with Gasteiger partial charge in [-0.1, -0.05) is 12.1 Å². The van der Waals surface area contributed by atoms with Gasteiger partial charge in [0, 0.05) is 18.6 Å². The molecule has 1 atom stereocenters. The van der Waals surface area contributed by atoms with Gasteiger partial charge in [-0.2, -0.15) is 0 Å². The van der Waals surface area contributed by atoms with E-state index < -0.39 is 0 Å². The minimum Gasteiger partial charge on any atom is -0.379 e.